The van der Waals surface area contributed by atoms with Crippen LogP contribution in [0.1, 0.15) is 0 Å². The topological polar surface area (TPSA) is 12.5 Å². The number of hydrogen-bond donors (Lipinski definition) is 0. The van der Waals surface area contributed by atoms with Gasteiger partial charge in [-0.3, -0.25) is 0 Å². The number of morpholine rings is 1. The Morgan fingerprint density at radius 3 is 2.88 bits per heavy atom. The number of likely N-dealkylation sites (N-methyl/N-ethyl adjacent to an activating group) is 1. The Morgan fingerprint density at radius 1 is 1.75 bits per heavy atom. The van der Waals surface area contributed by atoms with E-state index in [-0.39, 0.29) is 0 Å². The van der Waals surface area contributed by atoms with Gasteiger partial charge in [0.1, 0.15) is 7.85 Å². The number of nitrogens with zero attached hydrogens (tertiary/aromatic N) is 1. The van der Waals surface area contributed by atoms with Crippen LogP contribution in [-0.2, 0) is 4.74 Å². The zero-order valence-corrected chi connectivity index (χ0v) is 5.55. The Bertz CT molecular complexity index is 70.8. The Balaban J connectivity index is 2.23. The molecule has 1 fully saturated rings. The number of hydrogen-bond acceptors (Lipinski definition) is 2. The normalized spacial score (nSPS) is 32.9. The predicted molar refractivity (Wildman–Crippen MR) is 35.8 cm³/mol. The Morgan fingerprint density at radius 2 is 2.50 bits per heavy atom. The number of ether oxygens (including phenoxy) is 1. The van der Waals surface area contributed by atoms with Gasteiger partial charge in [-0.05, 0) is 7.05 Å². The van der Waals surface area contributed by atoms with E-state index in [0.29, 0.717) is 6.00 Å². The van der Waals surface area contributed by atoms with Crippen molar-refractivity contribution in [1.29, 1.82) is 0 Å². The summed E-state index contributed by atoms with van der Waals surface area (Å²) >= 11 is 0. The third-order valence-electron chi connectivity index (χ3n) is 1.44. The van der Waals surface area contributed by atoms with Crippen LogP contribution in [0.15, 0.2) is 0 Å². The predicted octanol–water partition coefficient (Wildman–Crippen LogP) is -1.09. The molecule has 0 aromatic carbocycles. The van der Waals surface area contributed by atoms with E-state index in [1.807, 2.05) is 0 Å². The van der Waals surface area contributed by atoms with Gasteiger partial charge in [0, 0.05) is 19.1 Å². The fraction of sp³-hybridized carbons (Fsp3) is 1.00. The second kappa shape index (κ2) is 2.51. The fourth-order valence-electron chi connectivity index (χ4n) is 0.993. The summed E-state index contributed by atoms with van der Waals surface area (Å²) in [5.41, 5.74) is 0. The van der Waals surface area contributed by atoms with Crippen molar-refractivity contribution in [2.24, 2.45) is 0 Å². The van der Waals surface area contributed by atoms with Crippen LogP contribution in [0.3, 0.4) is 0 Å². The lowest BCUT2D eigenvalue weighted by molar-refractivity contribution is 0.0249. The first kappa shape index (κ1) is 6.11. The van der Waals surface area contributed by atoms with Gasteiger partial charge in [0.15, 0.2) is 0 Å². The standard InChI is InChI=1S/C5H12BNO/c1-7-2-3-8-5(6)4-7/h5H,2-4,6H2,1H3. The van der Waals surface area contributed by atoms with E-state index >= 15 is 0 Å². The van der Waals surface area contributed by atoms with Crippen molar-refractivity contribution in [1.82, 2.24) is 4.90 Å². The molecule has 0 aromatic rings. The minimum absolute atomic E-state index is 0.439. The minimum atomic E-state index is 0.439. The van der Waals surface area contributed by atoms with E-state index in [2.05, 4.69) is 19.8 Å². The van der Waals surface area contributed by atoms with Crippen LogP contribution in [-0.4, -0.2) is 45.5 Å². The molecule has 2 nitrogen and oxygen atoms in total. The SMILES string of the molecule is BC1CN(C)CCO1. The van der Waals surface area contributed by atoms with Gasteiger partial charge in [0.25, 0.3) is 0 Å². The summed E-state index contributed by atoms with van der Waals surface area (Å²) in [6, 6.07) is 0.439. The lowest BCUT2D eigenvalue weighted by Crippen LogP contribution is -2.39. The lowest BCUT2D eigenvalue weighted by Gasteiger charge is -2.27. The molecule has 1 aliphatic heterocycles. The smallest absolute Gasteiger partial charge is 0.140 e. The molecule has 0 spiro atoms. The molecule has 0 amide bonds. The van der Waals surface area contributed by atoms with Crippen molar-refractivity contribution in [3.8, 4) is 0 Å². The van der Waals surface area contributed by atoms with E-state index in [1.165, 1.54) is 0 Å². The molecule has 1 saturated heterocycles. The highest BCUT2D eigenvalue weighted by atomic mass is 16.5. The molecular weight excluding hydrogens is 101 g/mol. The molecule has 1 atom stereocenters. The molecule has 1 unspecified atom stereocenters. The van der Waals surface area contributed by atoms with Gasteiger partial charge in [-0.15, -0.1) is 0 Å². The summed E-state index contributed by atoms with van der Waals surface area (Å²) in [7, 11) is 4.23. The van der Waals surface area contributed by atoms with Gasteiger partial charge < -0.3 is 9.64 Å². The quantitative estimate of drug-likeness (QED) is 0.370. The summed E-state index contributed by atoms with van der Waals surface area (Å²) in [6.07, 6.45) is 0. The van der Waals surface area contributed by atoms with Gasteiger partial charge in [0.05, 0.1) is 6.61 Å². The maximum Gasteiger partial charge on any atom is 0.140 e. The third kappa shape index (κ3) is 1.49. The summed E-state index contributed by atoms with van der Waals surface area (Å²) in [4.78, 5) is 2.29. The first-order chi connectivity index (χ1) is 3.79. The highest BCUT2D eigenvalue weighted by Crippen LogP contribution is 1.97. The van der Waals surface area contributed by atoms with Crippen molar-refractivity contribution >= 4 is 7.85 Å². The monoisotopic (exact) mass is 113 g/mol. The first-order valence-electron chi connectivity index (χ1n) is 3.09. The van der Waals surface area contributed by atoms with E-state index in [9.17, 15) is 0 Å². The first-order valence-corrected chi connectivity index (χ1v) is 3.09. The van der Waals surface area contributed by atoms with Crippen LogP contribution in [0.25, 0.3) is 0 Å². The number of rotatable bonds is 0. The van der Waals surface area contributed by atoms with Crippen molar-refractivity contribution < 1.29 is 4.74 Å². The molecule has 0 saturated carbocycles. The molecule has 1 heterocycles. The Kier molecular flexibility index (Phi) is 1.92. The van der Waals surface area contributed by atoms with E-state index < -0.39 is 0 Å². The van der Waals surface area contributed by atoms with E-state index in [4.69, 9.17) is 4.74 Å². The summed E-state index contributed by atoms with van der Waals surface area (Å²) in [5.74, 6) is 0. The average molecular weight is 113 g/mol. The van der Waals surface area contributed by atoms with E-state index in [1.54, 1.807) is 0 Å². The van der Waals surface area contributed by atoms with Gasteiger partial charge in [0.2, 0.25) is 0 Å². The van der Waals surface area contributed by atoms with Crippen LogP contribution in [0, 0.1) is 0 Å². The Labute approximate surface area is 51.2 Å². The fourth-order valence-corrected chi connectivity index (χ4v) is 0.993. The Hall–Kier alpha value is -0.0151. The molecule has 8 heavy (non-hydrogen) atoms. The second-order valence-electron chi connectivity index (χ2n) is 2.44. The van der Waals surface area contributed by atoms with Crippen LogP contribution < -0.4 is 0 Å². The van der Waals surface area contributed by atoms with Gasteiger partial charge in [-0.25, -0.2) is 0 Å². The van der Waals surface area contributed by atoms with E-state index in [0.717, 1.165) is 19.7 Å². The molecule has 46 valence electrons. The van der Waals surface area contributed by atoms with Crippen LogP contribution in [0.2, 0.25) is 0 Å². The van der Waals surface area contributed by atoms with Gasteiger partial charge in [-0.2, -0.15) is 0 Å². The molecule has 0 aliphatic carbocycles. The molecule has 0 bridgehead atoms. The largest absolute Gasteiger partial charge is 0.385 e. The maximum absolute atomic E-state index is 5.31. The van der Waals surface area contributed by atoms with Crippen molar-refractivity contribution in [3.63, 3.8) is 0 Å². The molecule has 3 heteroatoms. The highest BCUT2D eigenvalue weighted by molar-refractivity contribution is 6.11. The maximum atomic E-state index is 5.31. The zero-order chi connectivity index (χ0) is 5.98. The van der Waals surface area contributed by atoms with Crippen molar-refractivity contribution in [2.75, 3.05) is 26.7 Å². The summed E-state index contributed by atoms with van der Waals surface area (Å²) in [5, 5.41) is 0. The highest BCUT2D eigenvalue weighted by Gasteiger charge is 2.11. The average Bonchev–Trinajstić information content (AvgIpc) is 1.64. The molecular formula is C5H12BNO. The molecule has 1 aliphatic rings. The third-order valence-corrected chi connectivity index (χ3v) is 1.44. The summed E-state index contributed by atoms with van der Waals surface area (Å²) in [6.45, 7) is 3.07. The molecule has 0 radical (unpaired) electrons. The van der Waals surface area contributed by atoms with Crippen molar-refractivity contribution in [3.05, 3.63) is 0 Å². The van der Waals surface area contributed by atoms with Crippen LogP contribution >= 0.6 is 0 Å². The lowest BCUT2D eigenvalue weighted by atomic mass is 9.99. The molecule has 1 rings (SSSR count). The van der Waals surface area contributed by atoms with Crippen LogP contribution in [0.4, 0.5) is 0 Å². The second-order valence-corrected chi connectivity index (χ2v) is 2.44. The minimum Gasteiger partial charge on any atom is -0.385 e. The van der Waals surface area contributed by atoms with Gasteiger partial charge >= 0.3 is 0 Å². The van der Waals surface area contributed by atoms with Crippen LogP contribution in [0.5, 0.6) is 0 Å². The van der Waals surface area contributed by atoms with Gasteiger partial charge in [-0.1, -0.05) is 0 Å². The van der Waals surface area contributed by atoms with Crippen molar-refractivity contribution in [2.45, 2.75) is 6.00 Å². The summed E-state index contributed by atoms with van der Waals surface area (Å²) < 4.78 is 5.31. The zero-order valence-electron chi connectivity index (χ0n) is 5.55. The molecule has 0 aromatic heterocycles. The molecule has 0 N–H and O–H groups in total.